The maximum atomic E-state index is 12.3. The van der Waals surface area contributed by atoms with E-state index < -0.39 is 17.8 Å². The number of carboxylic acid groups (broad SMARTS) is 1. The minimum Gasteiger partial charge on any atom is -0.481 e. The van der Waals surface area contributed by atoms with Gasteiger partial charge in [0.15, 0.2) is 0 Å². The summed E-state index contributed by atoms with van der Waals surface area (Å²) in [6.07, 6.45) is 8.97. The molecule has 19 heavy (non-hydrogen) atoms. The summed E-state index contributed by atoms with van der Waals surface area (Å²) in [5, 5.41) is 12.0. The van der Waals surface area contributed by atoms with Crippen LogP contribution in [0.5, 0.6) is 0 Å². The smallest absolute Gasteiger partial charge is 0.307 e. The first-order valence-electron chi connectivity index (χ1n) is 6.14. The number of carbonyl (C=O) groups is 2. The van der Waals surface area contributed by atoms with Crippen LogP contribution in [-0.4, -0.2) is 27.0 Å². The molecule has 4 atom stereocenters. The number of nitrogens with zero attached hydrogens (tertiary/aromatic N) is 2. The van der Waals surface area contributed by atoms with Crippen molar-refractivity contribution in [3.05, 3.63) is 30.9 Å². The zero-order valence-corrected chi connectivity index (χ0v) is 10.1. The first-order chi connectivity index (χ1) is 9.16. The summed E-state index contributed by atoms with van der Waals surface area (Å²) in [5.74, 6) is -2.30. The van der Waals surface area contributed by atoms with Gasteiger partial charge in [-0.2, -0.15) is 0 Å². The number of rotatable bonds is 3. The summed E-state index contributed by atoms with van der Waals surface area (Å²) < 4.78 is 0. The van der Waals surface area contributed by atoms with E-state index in [4.69, 9.17) is 0 Å². The molecule has 4 unspecified atom stereocenters. The molecule has 2 aliphatic carbocycles. The third-order valence-corrected chi connectivity index (χ3v) is 3.88. The average molecular weight is 259 g/mol. The molecule has 1 fully saturated rings. The van der Waals surface area contributed by atoms with Crippen LogP contribution in [0.2, 0.25) is 0 Å². The van der Waals surface area contributed by atoms with E-state index in [0.29, 0.717) is 5.69 Å². The first kappa shape index (κ1) is 11.8. The van der Waals surface area contributed by atoms with Crippen molar-refractivity contribution >= 4 is 17.6 Å². The Labute approximate surface area is 109 Å². The number of anilines is 1. The van der Waals surface area contributed by atoms with E-state index in [2.05, 4.69) is 15.3 Å². The Morgan fingerprint density at radius 2 is 1.79 bits per heavy atom. The average Bonchev–Trinajstić information content (AvgIpc) is 2.99. The number of hydrogen-bond acceptors (Lipinski definition) is 4. The summed E-state index contributed by atoms with van der Waals surface area (Å²) in [4.78, 5) is 31.2. The molecule has 1 saturated carbocycles. The molecule has 0 saturated heterocycles. The Hall–Kier alpha value is -2.24. The lowest BCUT2D eigenvalue weighted by molar-refractivity contribution is -0.146. The van der Waals surface area contributed by atoms with E-state index in [9.17, 15) is 14.7 Å². The number of fused-ring (bicyclic) bond motifs is 2. The number of allylic oxidation sites excluding steroid dienone is 2. The van der Waals surface area contributed by atoms with Crippen molar-refractivity contribution in [2.75, 3.05) is 5.32 Å². The van der Waals surface area contributed by atoms with Crippen LogP contribution < -0.4 is 5.32 Å². The monoisotopic (exact) mass is 259 g/mol. The number of aliphatic carboxylic acids is 1. The molecule has 6 heteroatoms. The normalized spacial score (nSPS) is 31.4. The molecule has 6 nitrogen and oxygen atoms in total. The Balaban J connectivity index is 1.79. The SMILES string of the molecule is O=C(O)C1C2C=CC(C2)C1C(=O)Nc1cncnc1. The van der Waals surface area contributed by atoms with E-state index in [1.54, 1.807) is 0 Å². The van der Waals surface area contributed by atoms with Crippen LogP contribution in [0.1, 0.15) is 6.42 Å². The summed E-state index contributed by atoms with van der Waals surface area (Å²) in [6, 6.07) is 0. The van der Waals surface area contributed by atoms with Gasteiger partial charge in [-0.25, -0.2) is 9.97 Å². The van der Waals surface area contributed by atoms with Crippen molar-refractivity contribution in [3.63, 3.8) is 0 Å². The Bertz CT molecular complexity index is 543. The van der Waals surface area contributed by atoms with Crippen molar-refractivity contribution in [1.29, 1.82) is 0 Å². The summed E-state index contributed by atoms with van der Waals surface area (Å²) in [6.45, 7) is 0. The van der Waals surface area contributed by atoms with E-state index in [-0.39, 0.29) is 17.7 Å². The van der Waals surface area contributed by atoms with Crippen molar-refractivity contribution in [2.45, 2.75) is 6.42 Å². The van der Waals surface area contributed by atoms with Gasteiger partial charge in [0.2, 0.25) is 5.91 Å². The van der Waals surface area contributed by atoms with Crippen molar-refractivity contribution < 1.29 is 14.7 Å². The van der Waals surface area contributed by atoms with Crippen LogP contribution >= 0.6 is 0 Å². The van der Waals surface area contributed by atoms with Crippen LogP contribution in [0.15, 0.2) is 30.9 Å². The standard InChI is InChI=1S/C13H13N3O3/c17-12(16-9-4-14-6-15-5-9)10-7-1-2-8(3-7)11(10)13(18)19/h1-2,4-8,10-11H,3H2,(H,16,17)(H,18,19). The topological polar surface area (TPSA) is 92.2 Å². The molecule has 1 aromatic heterocycles. The maximum Gasteiger partial charge on any atom is 0.307 e. The lowest BCUT2D eigenvalue weighted by atomic mass is 9.82. The van der Waals surface area contributed by atoms with Crippen molar-refractivity contribution in [3.8, 4) is 0 Å². The summed E-state index contributed by atoms with van der Waals surface area (Å²) >= 11 is 0. The fraction of sp³-hybridized carbons (Fsp3) is 0.385. The number of amides is 1. The highest BCUT2D eigenvalue weighted by Gasteiger charge is 2.51. The lowest BCUT2D eigenvalue weighted by Crippen LogP contribution is -2.36. The fourth-order valence-corrected chi connectivity index (χ4v) is 3.11. The van der Waals surface area contributed by atoms with Crippen LogP contribution in [0, 0.1) is 23.7 Å². The second kappa shape index (κ2) is 4.46. The molecule has 2 aliphatic rings. The second-order valence-corrected chi connectivity index (χ2v) is 4.95. The predicted molar refractivity (Wildman–Crippen MR) is 66.0 cm³/mol. The molecule has 0 spiro atoms. The van der Waals surface area contributed by atoms with E-state index in [1.807, 2.05) is 12.2 Å². The molecule has 1 amide bonds. The Kier molecular flexibility index (Phi) is 2.77. The zero-order chi connectivity index (χ0) is 13.4. The molecule has 2 bridgehead atoms. The third-order valence-electron chi connectivity index (χ3n) is 3.88. The van der Waals surface area contributed by atoms with Gasteiger partial charge in [0.05, 0.1) is 29.9 Å². The highest BCUT2D eigenvalue weighted by molar-refractivity contribution is 5.96. The van der Waals surface area contributed by atoms with E-state index in [1.165, 1.54) is 18.7 Å². The van der Waals surface area contributed by atoms with Crippen LogP contribution in [0.4, 0.5) is 5.69 Å². The summed E-state index contributed by atoms with van der Waals surface area (Å²) in [5.41, 5.74) is 0.489. The van der Waals surface area contributed by atoms with Gasteiger partial charge in [0.1, 0.15) is 6.33 Å². The second-order valence-electron chi connectivity index (χ2n) is 4.95. The van der Waals surface area contributed by atoms with Gasteiger partial charge in [-0.15, -0.1) is 0 Å². The predicted octanol–water partition coefficient (Wildman–Crippen LogP) is 0.938. The molecule has 0 aromatic carbocycles. The number of hydrogen-bond donors (Lipinski definition) is 2. The van der Waals surface area contributed by atoms with Gasteiger partial charge in [0, 0.05) is 0 Å². The quantitative estimate of drug-likeness (QED) is 0.788. The molecule has 1 heterocycles. The number of carbonyl (C=O) groups excluding carboxylic acids is 1. The van der Waals surface area contributed by atoms with Gasteiger partial charge in [0.25, 0.3) is 0 Å². The van der Waals surface area contributed by atoms with Crippen molar-refractivity contribution in [1.82, 2.24) is 9.97 Å². The minimum atomic E-state index is -0.902. The van der Waals surface area contributed by atoms with Crippen LogP contribution in [0.3, 0.4) is 0 Å². The van der Waals surface area contributed by atoms with Crippen molar-refractivity contribution in [2.24, 2.45) is 23.7 Å². The number of carboxylic acids is 1. The molecule has 0 aliphatic heterocycles. The van der Waals surface area contributed by atoms with Crippen LogP contribution in [-0.2, 0) is 9.59 Å². The number of aromatic nitrogens is 2. The van der Waals surface area contributed by atoms with Gasteiger partial charge in [-0.3, -0.25) is 9.59 Å². The molecule has 98 valence electrons. The van der Waals surface area contributed by atoms with Gasteiger partial charge >= 0.3 is 5.97 Å². The highest BCUT2D eigenvalue weighted by atomic mass is 16.4. The third kappa shape index (κ3) is 1.99. The molecule has 2 N–H and O–H groups in total. The van der Waals surface area contributed by atoms with Gasteiger partial charge in [-0.1, -0.05) is 12.2 Å². The number of nitrogens with one attached hydrogen (secondary N) is 1. The fourth-order valence-electron chi connectivity index (χ4n) is 3.11. The Morgan fingerprint density at radius 3 is 2.42 bits per heavy atom. The maximum absolute atomic E-state index is 12.3. The molecule has 1 aromatic rings. The van der Waals surface area contributed by atoms with Gasteiger partial charge in [-0.05, 0) is 18.3 Å². The molecule has 0 radical (unpaired) electrons. The first-order valence-corrected chi connectivity index (χ1v) is 6.14. The molecule has 3 rings (SSSR count). The van der Waals surface area contributed by atoms with Crippen LogP contribution in [0.25, 0.3) is 0 Å². The molecular formula is C13H13N3O3. The van der Waals surface area contributed by atoms with E-state index >= 15 is 0 Å². The minimum absolute atomic E-state index is 0.0229. The van der Waals surface area contributed by atoms with Gasteiger partial charge < -0.3 is 10.4 Å². The zero-order valence-electron chi connectivity index (χ0n) is 10.1. The molecular weight excluding hydrogens is 246 g/mol. The largest absolute Gasteiger partial charge is 0.481 e. The summed E-state index contributed by atoms with van der Waals surface area (Å²) in [7, 11) is 0. The highest BCUT2D eigenvalue weighted by Crippen LogP contribution is 2.48. The van der Waals surface area contributed by atoms with E-state index in [0.717, 1.165) is 6.42 Å². The Morgan fingerprint density at radius 1 is 1.16 bits per heavy atom. The lowest BCUT2D eigenvalue weighted by Gasteiger charge is -2.23.